The SMILES string of the molecule is CCCCCCCCCCCCCCCCOc1ccc(C=O)c(OCC(=O)OCC)c1. The van der Waals surface area contributed by atoms with Gasteiger partial charge in [-0.15, -0.1) is 0 Å². The largest absolute Gasteiger partial charge is 0.493 e. The van der Waals surface area contributed by atoms with E-state index < -0.39 is 5.97 Å². The number of unbranched alkanes of at least 4 members (excludes halogenated alkanes) is 13. The number of ether oxygens (including phenoxy) is 3. The van der Waals surface area contributed by atoms with Gasteiger partial charge in [-0.05, 0) is 25.5 Å². The Hall–Kier alpha value is -2.04. The maximum absolute atomic E-state index is 11.5. The van der Waals surface area contributed by atoms with Crippen LogP contribution in [-0.4, -0.2) is 32.1 Å². The van der Waals surface area contributed by atoms with Gasteiger partial charge in [0.1, 0.15) is 11.5 Å². The van der Waals surface area contributed by atoms with E-state index in [-0.39, 0.29) is 6.61 Å². The van der Waals surface area contributed by atoms with Gasteiger partial charge >= 0.3 is 5.97 Å². The van der Waals surface area contributed by atoms with E-state index in [0.717, 1.165) is 12.8 Å². The van der Waals surface area contributed by atoms with Crippen molar-refractivity contribution in [1.29, 1.82) is 0 Å². The van der Waals surface area contributed by atoms with Crippen LogP contribution in [0.4, 0.5) is 0 Å². The van der Waals surface area contributed by atoms with Gasteiger partial charge in [0.25, 0.3) is 0 Å². The van der Waals surface area contributed by atoms with Crippen molar-refractivity contribution in [2.24, 2.45) is 0 Å². The van der Waals surface area contributed by atoms with Crippen LogP contribution in [0.3, 0.4) is 0 Å². The number of rotatable bonds is 21. The van der Waals surface area contributed by atoms with Crippen molar-refractivity contribution < 1.29 is 23.8 Å². The van der Waals surface area contributed by atoms with Crippen LogP contribution in [0.25, 0.3) is 0 Å². The third-order valence-corrected chi connectivity index (χ3v) is 5.53. The maximum Gasteiger partial charge on any atom is 0.344 e. The second kappa shape index (κ2) is 19.6. The molecule has 0 radical (unpaired) electrons. The molecule has 5 nitrogen and oxygen atoms in total. The lowest BCUT2D eigenvalue weighted by molar-refractivity contribution is -0.145. The highest BCUT2D eigenvalue weighted by Gasteiger charge is 2.09. The molecule has 0 atom stereocenters. The van der Waals surface area contributed by atoms with E-state index in [1.807, 2.05) is 0 Å². The average Bonchev–Trinajstić information content (AvgIpc) is 2.80. The monoisotopic (exact) mass is 448 g/mol. The summed E-state index contributed by atoms with van der Waals surface area (Å²) in [6.45, 7) is 4.71. The van der Waals surface area contributed by atoms with Crippen LogP contribution in [0.15, 0.2) is 18.2 Å². The minimum atomic E-state index is -0.460. The Balaban J connectivity index is 2.07. The highest BCUT2D eigenvalue weighted by molar-refractivity contribution is 5.80. The van der Waals surface area contributed by atoms with E-state index in [4.69, 9.17) is 14.2 Å². The van der Waals surface area contributed by atoms with Gasteiger partial charge in [0.2, 0.25) is 0 Å². The molecule has 0 unspecified atom stereocenters. The summed E-state index contributed by atoms with van der Waals surface area (Å²) in [4.78, 5) is 22.6. The predicted molar refractivity (Wildman–Crippen MR) is 130 cm³/mol. The Kier molecular flexibility index (Phi) is 17.2. The molecule has 0 spiro atoms. The van der Waals surface area contributed by atoms with E-state index in [1.165, 1.54) is 77.0 Å². The quantitative estimate of drug-likeness (QED) is 0.112. The Morgan fingerprint density at radius 2 is 1.34 bits per heavy atom. The first-order chi connectivity index (χ1) is 15.7. The van der Waals surface area contributed by atoms with Crippen molar-refractivity contribution in [3.63, 3.8) is 0 Å². The van der Waals surface area contributed by atoms with E-state index in [1.54, 1.807) is 25.1 Å². The summed E-state index contributed by atoms with van der Waals surface area (Å²) in [6, 6.07) is 5.06. The van der Waals surface area contributed by atoms with Gasteiger partial charge in [0, 0.05) is 6.07 Å². The minimum absolute atomic E-state index is 0.225. The van der Waals surface area contributed by atoms with E-state index in [2.05, 4.69) is 6.92 Å². The average molecular weight is 449 g/mol. The molecule has 0 aliphatic carbocycles. The second-order valence-electron chi connectivity index (χ2n) is 8.36. The van der Waals surface area contributed by atoms with Crippen molar-refractivity contribution >= 4 is 12.3 Å². The molecule has 1 rings (SSSR count). The fourth-order valence-corrected chi connectivity index (χ4v) is 3.65. The second-order valence-corrected chi connectivity index (χ2v) is 8.36. The van der Waals surface area contributed by atoms with Gasteiger partial charge in [0.05, 0.1) is 18.8 Å². The molecule has 0 N–H and O–H groups in total. The summed E-state index contributed by atoms with van der Waals surface area (Å²) in [5.41, 5.74) is 0.387. The van der Waals surface area contributed by atoms with Gasteiger partial charge in [-0.1, -0.05) is 90.4 Å². The summed E-state index contributed by atoms with van der Waals surface area (Å²) in [6.07, 6.45) is 19.3. The summed E-state index contributed by atoms with van der Waals surface area (Å²) in [5, 5.41) is 0. The van der Waals surface area contributed by atoms with E-state index in [0.29, 0.717) is 36.6 Å². The van der Waals surface area contributed by atoms with Crippen molar-refractivity contribution in [3.8, 4) is 11.5 Å². The first-order valence-corrected chi connectivity index (χ1v) is 12.7. The molecular weight excluding hydrogens is 404 g/mol. The number of carbonyl (C=O) groups excluding carboxylic acids is 2. The first kappa shape index (κ1) is 28.0. The molecule has 182 valence electrons. The fourth-order valence-electron chi connectivity index (χ4n) is 3.65. The Morgan fingerprint density at radius 3 is 1.88 bits per heavy atom. The van der Waals surface area contributed by atoms with Crippen LogP contribution in [0.1, 0.15) is 114 Å². The minimum Gasteiger partial charge on any atom is -0.493 e. The van der Waals surface area contributed by atoms with Gasteiger partial charge in [-0.3, -0.25) is 4.79 Å². The number of benzene rings is 1. The zero-order valence-corrected chi connectivity index (χ0v) is 20.4. The number of esters is 1. The molecule has 0 saturated heterocycles. The normalized spacial score (nSPS) is 10.7. The lowest BCUT2D eigenvalue weighted by atomic mass is 10.0. The zero-order valence-electron chi connectivity index (χ0n) is 20.4. The van der Waals surface area contributed by atoms with Gasteiger partial charge in [0.15, 0.2) is 12.9 Å². The summed E-state index contributed by atoms with van der Waals surface area (Å²) >= 11 is 0. The molecule has 0 heterocycles. The van der Waals surface area contributed by atoms with Crippen LogP contribution in [0.5, 0.6) is 11.5 Å². The van der Waals surface area contributed by atoms with E-state index >= 15 is 0 Å². The molecule has 0 aromatic heterocycles. The Bertz CT molecular complexity index is 614. The third kappa shape index (κ3) is 14.1. The first-order valence-electron chi connectivity index (χ1n) is 12.7. The van der Waals surface area contributed by atoms with Crippen molar-refractivity contribution in [3.05, 3.63) is 23.8 Å². The lowest BCUT2D eigenvalue weighted by Crippen LogP contribution is -2.15. The van der Waals surface area contributed by atoms with Crippen LogP contribution in [-0.2, 0) is 9.53 Å². The standard InChI is InChI=1S/C27H44O5/c1-3-5-6-7-8-9-10-11-12-13-14-15-16-17-20-31-25-19-18-24(22-28)26(21-25)32-23-27(29)30-4-2/h18-19,21-22H,3-17,20,23H2,1-2H3. The Labute approximate surface area is 195 Å². The summed E-state index contributed by atoms with van der Waals surface area (Å²) < 4.78 is 16.1. The molecule has 0 amide bonds. The molecule has 1 aromatic carbocycles. The molecule has 5 heteroatoms. The van der Waals surface area contributed by atoms with Crippen molar-refractivity contribution in [2.45, 2.75) is 104 Å². The zero-order chi connectivity index (χ0) is 23.3. The summed E-state index contributed by atoms with van der Waals surface area (Å²) in [5.74, 6) is 0.522. The van der Waals surface area contributed by atoms with Gasteiger partial charge < -0.3 is 14.2 Å². The van der Waals surface area contributed by atoms with Gasteiger partial charge in [-0.25, -0.2) is 4.79 Å². The van der Waals surface area contributed by atoms with Crippen molar-refractivity contribution in [1.82, 2.24) is 0 Å². The molecule has 32 heavy (non-hydrogen) atoms. The number of hydrogen-bond donors (Lipinski definition) is 0. The highest BCUT2D eigenvalue weighted by Crippen LogP contribution is 2.24. The maximum atomic E-state index is 11.5. The number of carbonyl (C=O) groups is 2. The topological polar surface area (TPSA) is 61.8 Å². The predicted octanol–water partition coefficient (Wildman–Crippen LogP) is 7.30. The smallest absolute Gasteiger partial charge is 0.344 e. The van der Waals surface area contributed by atoms with Gasteiger partial charge in [-0.2, -0.15) is 0 Å². The van der Waals surface area contributed by atoms with E-state index in [9.17, 15) is 9.59 Å². The molecule has 0 aliphatic heterocycles. The molecule has 1 aromatic rings. The van der Waals surface area contributed by atoms with Crippen LogP contribution < -0.4 is 9.47 Å². The molecule has 0 fully saturated rings. The van der Waals surface area contributed by atoms with Crippen LogP contribution in [0.2, 0.25) is 0 Å². The molecular formula is C27H44O5. The molecule has 0 aliphatic rings. The number of hydrogen-bond acceptors (Lipinski definition) is 5. The third-order valence-electron chi connectivity index (χ3n) is 5.53. The highest BCUT2D eigenvalue weighted by atomic mass is 16.6. The summed E-state index contributed by atoms with van der Waals surface area (Å²) in [7, 11) is 0. The lowest BCUT2D eigenvalue weighted by Gasteiger charge is -2.11. The van der Waals surface area contributed by atoms with Crippen LogP contribution in [0, 0.1) is 0 Å². The Morgan fingerprint density at radius 1 is 0.781 bits per heavy atom. The van der Waals surface area contributed by atoms with Crippen LogP contribution >= 0.6 is 0 Å². The molecule has 0 bridgehead atoms. The molecule has 0 saturated carbocycles. The number of aldehydes is 1. The fraction of sp³-hybridized carbons (Fsp3) is 0.704. The van der Waals surface area contributed by atoms with Crippen molar-refractivity contribution in [2.75, 3.05) is 19.8 Å².